The van der Waals surface area contributed by atoms with E-state index in [9.17, 15) is 17.6 Å². The second kappa shape index (κ2) is 4.80. The van der Waals surface area contributed by atoms with Gasteiger partial charge in [0.2, 0.25) is 0 Å². The Labute approximate surface area is 89.7 Å². The molecule has 2 atom stereocenters. The van der Waals surface area contributed by atoms with Gasteiger partial charge in [0.05, 0.1) is 0 Å². The van der Waals surface area contributed by atoms with Crippen LogP contribution in [0.4, 0.5) is 17.6 Å². The van der Waals surface area contributed by atoms with Gasteiger partial charge >= 0.3 is 6.18 Å². The summed E-state index contributed by atoms with van der Waals surface area (Å²) in [6.45, 7) is 0. The molecule has 0 aliphatic rings. The van der Waals surface area contributed by atoms with Gasteiger partial charge in [-0.3, -0.25) is 0 Å². The van der Waals surface area contributed by atoms with Crippen LogP contribution in [0.2, 0.25) is 0 Å². The Bertz CT molecular complexity index is 353. The number of rotatable bonds is 3. The fourth-order valence-corrected chi connectivity index (χ4v) is 1.28. The van der Waals surface area contributed by atoms with Crippen LogP contribution in [-0.4, -0.2) is 17.4 Å². The summed E-state index contributed by atoms with van der Waals surface area (Å²) in [5.74, 6) is -0.677. The number of aliphatic hydroxyl groups is 1. The van der Waals surface area contributed by atoms with Gasteiger partial charge in [0.25, 0.3) is 0 Å². The van der Waals surface area contributed by atoms with Crippen LogP contribution in [0.5, 0.6) is 0 Å². The molecule has 0 bridgehead atoms. The van der Waals surface area contributed by atoms with Gasteiger partial charge in [-0.05, 0) is 6.07 Å². The van der Waals surface area contributed by atoms with Gasteiger partial charge < -0.3 is 10.8 Å². The van der Waals surface area contributed by atoms with Crippen molar-refractivity contribution in [1.82, 2.24) is 0 Å². The third kappa shape index (κ3) is 3.18. The lowest BCUT2D eigenvalue weighted by atomic mass is 10.0. The van der Waals surface area contributed by atoms with Gasteiger partial charge in [0.1, 0.15) is 5.82 Å². The van der Waals surface area contributed by atoms with E-state index < -0.39 is 30.6 Å². The molecule has 90 valence electrons. The van der Waals surface area contributed by atoms with Crippen LogP contribution in [0.25, 0.3) is 0 Å². The minimum absolute atomic E-state index is 0.0363. The van der Waals surface area contributed by atoms with Crippen molar-refractivity contribution in [1.29, 1.82) is 0 Å². The maximum atomic E-state index is 13.1. The Kier molecular flexibility index (Phi) is 3.88. The van der Waals surface area contributed by atoms with Gasteiger partial charge in [0, 0.05) is 18.0 Å². The molecule has 0 heterocycles. The maximum Gasteiger partial charge on any atom is 0.414 e. The highest BCUT2D eigenvalue weighted by Crippen LogP contribution is 2.27. The largest absolute Gasteiger partial charge is 0.414 e. The van der Waals surface area contributed by atoms with Crippen LogP contribution in [-0.2, 0) is 0 Å². The Morgan fingerprint density at radius 1 is 1.25 bits per heavy atom. The van der Waals surface area contributed by atoms with E-state index in [0.717, 1.165) is 6.07 Å². The predicted octanol–water partition coefficient (Wildman–Crippen LogP) is 2.14. The summed E-state index contributed by atoms with van der Waals surface area (Å²) < 4.78 is 49.2. The zero-order valence-corrected chi connectivity index (χ0v) is 8.21. The summed E-state index contributed by atoms with van der Waals surface area (Å²) in [7, 11) is 0. The van der Waals surface area contributed by atoms with Crippen molar-refractivity contribution < 1.29 is 22.7 Å². The molecule has 2 unspecified atom stereocenters. The smallest absolute Gasteiger partial charge is 0.384 e. The first-order valence-corrected chi connectivity index (χ1v) is 4.57. The molecular weight excluding hydrogens is 226 g/mol. The molecule has 1 rings (SSSR count). The van der Waals surface area contributed by atoms with Crippen molar-refractivity contribution in [3.05, 3.63) is 35.6 Å². The van der Waals surface area contributed by atoms with Gasteiger partial charge in [-0.15, -0.1) is 0 Å². The summed E-state index contributed by atoms with van der Waals surface area (Å²) in [5.41, 5.74) is 5.36. The minimum atomic E-state index is -4.73. The second-order valence-electron chi connectivity index (χ2n) is 3.42. The SMILES string of the molecule is NC(CC(O)C(F)(F)F)c1ccccc1F. The molecule has 0 aliphatic heterocycles. The molecule has 6 heteroatoms. The van der Waals surface area contributed by atoms with Gasteiger partial charge in [-0.25, -0.2) is 4.39 Å². The number of hydrogen-bond acceptors (Lipinski definition) is 2. The van der Waals surface area contributed by atoms with Crippen LogP contribution < -0.4 is 5.73 Å². The van der Waals surface area contributed by atoms with E-state index in [1.807, 2.05) is 0 Å². The Hall–Kier alpha value is -1.14. The summed E-state index contributed by atoms with van der Waals surface area (Å²) in [4.78, 5) is 0. The number of hydrogen-bond donors (Lipinski definition) is 2. The van der Waals surface area contributed by atoms with E-state index in [1.165, 1.54) is 18.2 Å². The third-order valence-corrected chi connectivity index (χ3v) is 2.16. The number of halogens is 4. The van der Waals surface area contributed by atoms with E-state index in [0.29, 0.717) is 0 Å². The topological polar surface area (TPSA) is 46.2 Å². The fraction of sp³-hybridized carbons (Fsp3) is 0.400. The van der Waals surface area contributed by atoms with Crippen molar-refractivity contribution in [3.63, 3.8) is 0 Å². The molecule has 0 radical (unpaired) electrons. The first-order valence-electron chi connectivity index (χ1n) is 4.57. The third-order valence-electron chi connectivity index (χ3n) is 2.16. The molecule has 0 saturated heterocycles. The van der Waals surface area contributed by atoms with Crippen LogP contribution in [0, 0.1) is 5.82 Å². The molecule has 1 aromatic carbocycles. The zero-order valence-electron chi connectivity index (χ0n) is 8.21. The average Bonchev–Trinajstić information content (AvgIpc) is 2.16. The molecular formula is C10H11F4NO. The molecule has 2 nitrogen and oxygen atoms in total. The molecule has 16 heavy (non-hydrogen) atoms. The molecule has 0 saturated carbocycles. The van der Waals surface area contributed by atoms with Gasteiger partial charge in [0.15, 0.2) is 6.10 Å². The highest BCUT2D eigenvalue weighted by atomic mass is 19.4. The molecule has 0 amide bonds. The number of benzene rings is 1. The van der Waals surface area contributed by atoms with Crippen molar-refractivity contribution in [3.8, 4) is 0 Å². The number of alkyl halides is 3. The quantitative estimate of drug-likeness (QED) is 0.791. The zero-order chi connectivity index (χ0) is 12.3. The minimum Gasteiger partial charge on any atom is -0.384 e. The van der Waals surface area contributed by atoms with E-state index in [-0.39, 0.29) is 5.56 Å². The molecule has 0 aromatic heterocycles. The molecule has 3 N–H and O–H groups in total. The standard InChI is InChI=1S/C10H11F4NO/c11-7-4-2-1-3-6(7)8(15)5-9(16)10(12,13)14/h1-4,8-9,16H,5,15H2. The lowest BCUT2D eigenvalue weighted by Crippen LogP contribution is -2.32. The number of nitrogens with two attached hydrogens (primary N) is 1. The first-order chi connectivity index (χ1) is 7.32. The van der Waals surface area contributed by atoms with Crippen molar-refractivity contribution in [2.45, 2.75) is 24.7 Å². The predicted molar refractivity (Wildman–Crippen MR) is 50.0 cm³/mol. The van der Waals surface area contributed by atoms with Crippen LogP contribution in [0.15, 0.2) is 24.3 Å². The number of aliphatic hydroxyl groups excluding tert-OH is 1. The van der Waals surface area contributed by atoms with Crippen LogP contribution in [0.3, 0.4) is 0 Å². The van der Waals surface area contributed by atoms with Crippen LogP contribution in [0.1, 0.15) is 18.0 Å². The summed E-state index contributed by atoms with van der Waals surface area (Å²) >= 11 is 0. The van der Waals surface area contributed by atoms with Crippen molar-refractivity contribution in [2.24, 2.45) is 5.73 Å². The normalized spacial score (nSPS) is 15.9. The average molecular weight is 237 g/mol. The van der Waals surface area contributed by atoms with E-state index in [4.69, 9.17) is 10.8 Å². The Balaban J connectivity index is 2.73. The molecule has 0 aliphatic carbocycles. The summed E-state index contributed by atoms with van der Waals surface area (Å²) in [5, 5.41) is 8.78. The van der Waals surface area contributed by atoms with Gasteiger partial charge in [-0.1, -0.05) is 18.2 Å². The lowest BCUT2D eigenvalue weighted by molar-refractivity contribution is -0.206. The van der Waals surface area contributed by atoms with E-state index >= 15 is 0 Å². The van der Waals surface area contributed by atoms with Crippen molar-refractivity contribution >= 4 is 0 Å². The lowest BCUT2D eigenvalue weighted by Gasteiger charge is -2.19. The molecule has 1 aromatic rings. The Morgan fingerprint density at radius 3 is 2.31 bits per heavy atom. The fourth-order valence-electron chi connectivity index (χ4n) is 1.28. The monoisotopic (exact) mass is 237 g/mol. The molecule has 0 fully saturated rings. The molecule has 0 spiro atoms. The van der Waals surface area contributed by atoms with E-state index in [2.05, 4.69) is 0 Å². The van der Waals surface area contributed by atoms with Crippen molar-refractivity contribution in [2.75, 3.05) is 0 Å². The Morgan fingerprint density at radius 2 is 1.81 bits per heavy atom. The second-order valence-corrected chi connectivity index (χ2v) is 3.42. The maximum absolute atomic E-state index is 13.1. The first kappa shape index (κ1) is 12.9. The summed E-state index contributed by atoms with van der Waals surface area (Å²) in [6, 6.07) is 4.10. The highest BCUT2D eigenvalue weighted by Gasteiger charge is 2.39. The highest BCUT2D eigenvalue weighted by molar-refractivity contribution is 5.20. The summed E-state index contributed by atoms with van der Waals surface area (Å²) in [6.07, 6.45) is -8.03. The van der Waals surface area contributed by atoms with Gasteiger partial charge in [-0.2, -0.15) is 13.2 Å². The van der Waals surface area contributed by atoms with E-state index in [1.54, 1.807) is 0 Å². The van der Waals surface area contributed by atoms with Crippen LogP contribution >= 0.6 is 0 Å².